The van der Waals surface area contributed by atoms with Gasteiger partial charge in [-0.25, -0.2) is 0 Å². The van der Waals surface area contributed by atoms with Gasteiger partial charge < -0.3 is 14.9 Å². The Kier molecular flexibility index (Phi) is 6.27. The van der Waals surface area contributed by atoms with Crippen molar-refractivity contribution in [1.29, 1.82) is 0 Å². The molecule has 0 bridgehead atoms. The number of hydrogen-bond donors (Lipinski definition) is 2. The van der Waals surface area contributed by atoms with Crippen LogP contribution in [0.25, 0.3) is 10.8 Å². The van der Waals surface area contributed by atoms with Crippen LogP contribution >= 0.6 is 0 Å². The molecule has 0 saturated heterocycles. The molecule has 8 heteroatoms. The van der Waals surface area contributed by atoms with Crippen LogP contribution in [-0.4, -0.2) is 40.3 Å². The number of aromatic hydroxyl groups is 2. The van der Waals surface area contributed by atoms with E-state index in [0.29, 0.717) is 35.9 Å². The van der Waals surface area contributed by atoms with Crippen LogP contribution in [0, 0.1) is 13.8 Å². The van der Waals surface area contributed by atoms with Gasteiger partial charge in [-0.3, -0.25) is 14.2 Å². The number of azo groups is 1. The van der Waals surface area contributed by atoms with Crippen molar-refractivity contribution >= 4 is 22.6 Å². The molecular formula is C22H23N3O5. The van der Waals surface area contributed by atoms with Crippen molar-refractivity contribution in [3.05, 3.63) is 58.7 Å². The zero-order valence-electron chi connectivity index (χ0n) is 17.0. The number of hydrogen-bond acceptors (Lipinski definition) is 5. The number of aromatic nitrogens is 1. The summed E-state index contributed by atoms with van der Waals surface area (Å²) >= 11 is 0. The van der Waals surface area contributed by atoms with E-state index >= 15 is 0 Å². The predicted octanol–water partition coefficient (Wildman–Crippen LogP) is 4.14. The fraction of sp³-hybridized carbons (Fsp3) is 0.273. The summed E-state index contributed by atoms with van der Waals surface area (Å²) in [4.78, 5) is 24.6. The molecule has 2 amide bonds. The maximum atomic E-state index is 12.4. The SMILES string of the molecule is COCCCn1c(O)c2ccc(C(=O)N=NC(=O)c3ccc(C)cc3C)cc2c1O. The molecule has 0 spiro atoms. The van der Waals surface area contributed by atoms with Gasteiger partial charge in [0.05, 0.1) is 0 Å². The fourth-order valence-electron chi connectivity index (χ4n) is 3.28. The molecule has 2 N–H and O–H groups in total. The highest BCUT2D eigenvalue weighted by Gasteiger charge is 2.18. The molecule has 8 nitrogen and oxygen atoms in total. The molecule has 1 aromatic heterocycles. The van der Waals surface area contributed by atoms with Crippen molar-refractivity contribution in [3.8, 4) is 11.8 Å². The molecule has 0 radical (unpaired) electrons. The van der Waals surface area contributed by atoms with Crippen LogP contribution in [0.3, 0.4) is 0 Å². The average Bonchev–Trinajstić information content (AvgIpc) is 2.96. The number of rotatable bonds is 6. The highest BCUT2D eigenvalue weighted by Crippen LogP contribution is 2.37. The Bertz CT molecular complexity index is 1150. The van der Waals surface area contributed by atoms with E-state index in [-0.39, 0.29) is 17.3 Å². The van der Waals surface area contributed by atoms with Gasteiger partial charge in [0.1, 0.15) is 0 Å². The number of amides is 2. The van der Waals surface area contributed by atoms with Gasteiger partial charge in [0.2, 0.25) is 11.8 Å². The Morgan fingerprint density at radius 3 is 2.37 bits per heavy atom. The van der Waals surface area contributed by atoms with Gasteiger partial charge >= 0.3 is 0 Å². The van der Waals surface area contributed by atoms with Crippen molar-refractivity contribution in [2.45, 2.75) is 26.8 Å². The normalized spacial score (nSPS) is 11.4. The summed E-state index contributed by atoms with van der Waals surface area (Å²) in [5, 5.41) is 28.6. The van der Waals surface area contributed by atoms with Crippen LogP contribution < -0.4 is 0 Å². The maximum Gasteiger partial charge on any atom is 0.295 e. The van der Waals surface area contributed by atoms with E-state index < -0.39 is 11.8 Å². The van der Waals surface area contributed by atoms with Gasteiger partial charge in [-0.05, 0) is 50.1 Å². The summed E-state index contributed by atoms with van der Waals surface area (Å²) in [6.45, 7) is 4.54. The lowest BCUT2D eigenvalue weighted by atomic mass is 10.1. The molecule has 30 heavy (non-hydrogen) atoms. The summed E-state index contributed by atoms with van der Waals surface area (Å²) in [7, 11) is 1.57. The molecule has 2 aromatic carbocycles. The second-order valence-corrected chi connectivity index (χ2v) is 7.03. The van der Waals surface area contributed by atoms with Crippen molar-refractivity contribution in [1.82, 2.24) is 4.57 Å². The van der Waals surface area contributed by atoms with Gasteiger partial charge in [0.15, 0.2) is 0 Å². The molecule has 156 valence electrons. The van der Waals surface area contributed by atoms with E-state index in [2.05, 4.69) is 10.2 Å². The Labute approximate surface area is 173 Å². The molecule has 3 aromatic rings. The largest absolute Gasteiger partial charge is 0.494 e. The Morgan fingerprint density at radius 2 is 1.67 bits per heavy atom. The van der Waals surface area contributed by atoms with Crippen molar-refractivity contribution in [3.63, 3.8) is 0 Å². The highest BCUT2D eigenvalue weighted by atomic mass is 16.5. The van der Waals surface area contributed by atoms with Crippen LogP contribution in [0.4, 0.5) is 0 Å². The summed E-state index contributed by atoms with van der Waals surface area (Å²) in [6.07, 6.45) is 0.596. The second kappa shape index (κ2) is 8.87. The van der Waals surface area contributed by atoms with Gasteiger partial charge in [0.25, 0.3) is 11.8 Å². The first-order chi connectivity index (χ1) is 14.3. The smallest absolute Gasteiger partial charge is 0.295 e. The molecule has 0 aliphatic carbocycles. The molecule has 0 unspecified atom stereocenters. The van der Waals surface area contributed by atoms with Crippen LogP contribution in [-0.2, 0) is 11.3 Å². The van der Waals surface area contributed by atoms with Gasteiger partial charge in [-0.1, -0.05) is 17.7 Å². The average molecular weight is 409 g/mol. The molecule has 1 heterocycles. The topological polar surface area (TPSA) is 113 Å². The van der Waals surface area contributed by atoms with Gasteiger partial charge in [-0.15, -0.1) is 10.2 Å². The first-order valence-electron chi connectivity index (χ1n) is 9.44. The quantitative estimate of drug-likeness (QED) is 0.469. The Balaban J connectivity index is 1.83. The molecular weight excluding hydrogens is 386 g/mol. The van der Waals surface area contributed by atoms with Crippen molar-refractivity contribution < 1.29 is 24.5 Å². The lowest BCUT2D eigenvalue weighted by Crippen LogP contribution is -2.00. The van der Waals surface area contributed by atoms with Gasteiger partial charge in [0, 0.05) is 42.2 Å². The minimum absolute atomic E-state index is 0.0933. The molecule has 0 fully saturated rings. The van der Waals surface area contributed by atoms with E-state index in [1.807, 2.05) is 13.0 Å². The van der Waals surface area contributed by atoms with Crippen LogP contribution in [0.15, 0.2) is 46.6 Å². The number of carbonyl (C=O) groups excluding carboxylic acids is 2. The van der Waals surface area contributed by atoms with Crippen LogP contribution in [0.2, 0.25) is 0 Å². The Hall–Kier alpha value is -3.52. The second-order valence-electron chi connectivity index (χ2n) is 7.03. The first kappa shape index (κ1) is 21.2. The number of benzene rings is 2. The number of methoxy groups -OCH3 is 1. The third-order valence-electron chi connectivity index (χ3n) is 4.83. The van der Waals surface area contributed by atoms with E-state index in [0.717, 1.165) is 11.1 Å². The van der Waals surface area contributed by atoms with E-state index in [9.17, 15) is 19.8 Å². The maximum absolute atomic E-state index is 12.4. The van der Waals surface area contributed by atoms with Crippen molar-refractivity contribution in [2.24, 2.45) is 10.2 Å². The minimum atomic E-state index is -0.721. The van der Waals surface area contributed by atoms with Crippen molar-refractivity contribution in [2.75, 3.05) is 13.7 Å². The van der Waals surface area contributed by atoms with E-state index in [1.54, 1.807) is 26.2 Å². The molecule has 0 aliphatic rings. The van der Waals surface area contributed by atoms with Crippen LogP contribution in [0.5, 0.6) is 11.8 Å². The molecule has 3 rings (SSSR count). The highest BCUT2D eigenvalue weighted by molar-refractivity contribution is 6.03. The van der Waals surface area contributed by atoms with E-state index in [1.165, 1.54) is 22.8 Å². The number of carbonyl (C=O) groups is 2. The van der Waals surface area contributed by atoms with E-state index in [4.69, 9.17) is 4.74 Å². The zero-order chi connectivity index (χ0) is 21.8. The Morgan fingerprint density at radius 1 is 0.967 bits per heavy atom. The minimum Gasteiger partial charge on any atom is -0.494 e. The number of ether oxygens (including phenoxy) is 1. The summed E-state index contributed by atoms with van der Waals surface area (Å²) in [5.41, 5.74) is 2.29. The number of aryl methyl sites for hydroxylation is 2. The lowest BCUT2D eigenvalue weighted by molar-refractivity contribution is 0.0946. The third-order valence-corrected chi connectivity index (χ3v) is 4.83. The predicted molar refractivity (Wildman–Crippen MR) is 111 cm³/mol. The number of fused-ring (bicyclic) bond motifs is 1. The van der Waals surface area contributed by atoms with Crippen LogP contribution in [0.1, 0.15) is 38.3 Å². The van der Waals surface area contributed by atoms with Gasteiger partial charge in [-0.2, -0.15) is 0 Å². The summed E-state index contributed by atoms with van der Waals surface area (Å²) in [5.74, 6) is -1.58. The molecule has 0 atom stereocenters. The monoisotopic (exact) mass is 409 g/mol. The molecule has 0 saturated carbocycles. The molecule has 0 aliphatic heterocycles. The summed E-state index contributed by atoms with van der Waals surface area (Å²) < 4.78 is 6.34. The third kappa shape index (κ3) is 4.23. The fourth-order valence-corrected chi connectivity index (χ4v) is 3.28. The number of nitrogens with zero attached hydrogens (tertiary/aromatic N) is 3. The summed E-state index contributed by atoms with van der Waals surface area (Å²) in [6, 6.07) is 9.69. The zero-order valence-corrected chi connectivity index (χ0v) is 17.0. The first-order valence-corrected chi connectivity index (χ1v) is 9.44. The lowest BCUT2D eigenvalue weighted by Gasteiger charge is -2.05. The standard InChI is InChI=1S/C22H23N3O5/c1-13-5-7-16(14(2)11-13)20(27)24-23-19(26)15-6-8-17-18(12-15)22(29)25(21(17)28)9-4-10-30-3/h5-8,11-12,28-29H,4,9-10H2,1-3H3.